The van der Waals surface area contributed by atoms with Gasteiger partial charge in [0.2, 0.25) is 0 Å². The second-order valence-corrected chi connectivity index (χ2v) is 8.89. The summed E-state index contributed by atoms with van der Waals surface area (Å²) in [5, 5.41) is 1.32. The Hall–Kier alpha value is -2.10. The molecular weight excluding hydrogens is 462 g/mol. The lowest BCUT2D eigenvalue weighted by atomic mass is 9.68. The molecule has 1 aromatic heterocycles. The van der Waals surface area contributed by atoms with Gasteiger partial charge in [-0.1, -0.05) is 80.4 Å². The first-order valence-corrected chi connectivity index (χ1v) is 10.6. The Kier molecular flexibility index (Phi) is 4.10. The Labute approximate surface area is 175 Å². The van der Waals surface area contributed by atoms with Gasteiger partial charge in [-0.15, -0.1) is 0 Å². The second-order valence-electron chi connectivity index (χ2n) is 7.06. The molecule has 5 rings (SSSR count). The average Bonchev–Trinajstić information content (AvgIpc) is 3.06. The minimum absolute atomic E-state index is 0.181. The van der Waals surface area contributed by atoms with E-state index in [1.54, 1.807) is 0 Å². The molecule has 1 aliphatic rings. The lowest BCUT2D eigenvalue weighted by Crippen LogP contribution is -2.30. The van der Waals surface area contributed by atoms with Crippen LogP contribution in [0, 0.1) is 0 Å². The summed E-state index contributed by atoms with van der Waals surface area (Å²) >= 11 is 7.15. The summed E-state index contributed by atoms with van der Waals surface area (Å²) in [5.41, 5.74) is 6.24. The van der Waals surface area contributed by atoms with Crippen LogP contribution in [0.3, 0.4) is 0 Å². The third-order valence-electron chi connectivity index (χ3n) is 5.56. The van der Waals surface area contributed by atoms with Crippen LogP contribution in [0.2, 0.25) is 0 Å². The summed E-state index contributed by atoms with van der Waals surface area (Å²) in [7, 11) is 0. The van der Waals surface area contributed by atoms with Gasteiger partial charge in [0.25, 0.3) is 0 Å². The highest BCUT2D eigenvalue weighted by atomic mass is 79.9. The lowest BCUT2D eigenvalue weighted by Gasteiger charge is -2.35. The smallest absolute Gasteiger partial charge is 0.0461 e. The van der Waals surface area contributed by atoms with Crippen LogP contribution in [0.15, 0.2) is 87.8 Å². The van der Waals surface area contributed by atoms with E-state index in [4.69, 9.17) is 0 Å². The molecule has 1 heterocycles. The predicted molar refractivity (Wildman–Crippen MR) is 120 cm³/mol. The van der Waals surface area contributed by atoms with Crippen LogP contribution in [0.25, 0.3) is 17.0 Å². The molecule has 1 N–H and O–H groups in total. The van der Waals surface area contributed by atoms with E-state index in [2.05, 4.69) is 122 Å². The molecule has 0 saturated carbocycles. The largest absolute Gasteiger partial charge is 0.355 e. The van der Waals surface area contributed by atoms with Gasteiger partial charge in [-0.3, -0.25) is 0 Å². The van der Waals surface area contributed by atoms with E-state index < -0.39 is 0 Å². The maximum atomic E-state index is 3.58. The number of benzene rings is 3. The van der Waals surface area contributed by atoms with Crippen LogP contribution < -0.4 is 0 Å². The molecule has 0 spiro atoms. The van der Waals surface area contributed by atoms with E-state index >= 15 is 0 Å². The maximum absolute atomic E-state index is 3.58. The topological polar surface area (TPSA) is 15.8 Å². The zero-order chi connectivity index (χ0) is 18.4. The highest BCUT2D eigenvalue weighted by molar-refractivity contribution is 9.10. The Morgan fingerprint density at radius 1 is 0.741 bits per heavy atom. The number of aromatic amines is 1. The standard InChI is InChI=1S/C24H17Br2N/c25-18-9-5-16(6-10-18)24(17-7-11-19(26)12-8-17)14-13-23-21(15-24)20-3-1-2-4-22(20)27-23/h1-14,27H,15H2. The second kappa shape index (κ2) is 6.50. The van der Waals surface area contributed by atoms with Gasteiger partial charge < -0.3 is 4.98 Å². The fraction of sp³-hybridized carbons (Fsp3) is 0.0833. The number of aromatic nitrogens is 1. The molecule has 132 valence electrons. The molecule has 1 aliphatic carbocycles. The average molecular weight is 479 g/mol. The number of halogens is 2. The monoisotopic (exact) mass is 477 g/mol. The summed E-state index contributed by atoms with van der Waals surface area (Å²) in [5.74, 6) is 0. The van der Waals surface area contributed by atoms with Crippen molar-refractivity contribution in [3.63, 3.8) is 0 Å². The van der Waals surface area contributed by atoms with Crippen molar-refractivity contribution in [3.8, 4) is 0 Å². The highest BCUT2D eigenvalue weighted by Crippen LogP contribution is 2.44. The Bertz CT molecular complexity index is 1110. The van der Waals surface area contributed by atoms with Gasteiger partial charge in [0.05, 0.1) is 0 Å². The maximum Gasteiger partial charge on any atom is 0.0461 e. The molecule has 0 bridgehead atoms. The van der Waals surface area contributed by atoms with Crippen LogP contribution in [-0.2, 0) is 11.8 Å². The van der Waals surface area contributed by atoms with Gasteiger partial charge in [0, 0.05) is 31.0 Å². The van der Waals surface area contributed by atoms with Crippen molar-refractivity contribution in [3.05, 3.63) is 110 Å². The highest BCUT2D eigenvalue weighted by Gasteiger charge is 2.36. The van der Waals surface area contributed by atoms with E-state index in [9.17, 15) is 0 Å². The summed E-state index contributed by atoms with van der Waals surface area (Å²) in [6.45, 7) is 0. The van der Waals surface area contributed by atoms with Crippen LogP contribution in [0.5, 0.6) is 0 Å². The van der Waals surface area contributed by atoms with E-state index in [0.717, 1.165) is 15.4 Å². The number of H-pyrrole nitrogens is 1. The predicted octanol–water partition coefficient (Wildman–Crippen LogP) is 7.25. The van der Waals surface area contributed by atoms with Crippen LogP contribution >= 0.6 is 31.9 Å². The molecule has 0 radical (unpaired) electrons. The van der Waals surface area contributed by atoms with Crippen molar-refractivity contribution in [2.75, 3.05) is 0 Å². The molecule has 0 saturated heterocycles. The van der Waals surface area contributed by atoms with Crippen LogP contribution in [-0.4, -0.2) is 4.98 Å². The molecule has 0 amide bonds. The van der Waals surface area contributed by atoms with E-state index in [-0.39, 0.29) is 5.41 Å². The van der Waals surface area contributed by atoms with E-state index in [0.29, 0.717) is 0 Å². The van der Waals surface area contributed by atoms with Gasteiger partial charge in [-0.2, -0.15) is 0 Å². The Morgan fingerprint density at radius 3 is 1.96 bits per heavy atom. The van der Waals surface area contributed by atoms with E-state index in [1.165, 1.54) is 33.3 Å². The molecule has 27 heavy (non-hydrogen) atoms. The number of para-hydroxylation sites is 1. The molecule has 0 aliphatic heterocycles. The lowest BCUT2D eigenvalue weighted by molar-refractivity contribution is 0.635. The van der Waals surface area contributed by atoms with Gasteiger partial charge in [-0.25, -0.2) is 0 Å². The summed E-state index contributed by atoms with van der Waals surface area (Å²) in [6.07, 6.45) is 5.55. The number of hydrogen-bond acceptors (Lipinski definition) is 0. The zero-order valence-electron chi connectivity index (χ0n) is 14.5. The minimum Gasteiger partial charge on any atom is -0.355 e. The fourth-order valence-electron chi connectivity index (χ4n) is 4.17. The Morgan fingerprint density at radius 2 is 1.33 bits per heavy atom. The minimum atomic E-state index is -0.181. The van der Waals surface area contributed by atoms with Crippen molar-refractivity contribution in [1.82, 2.24) is 4.98 Å². The molecular formula is C24H17Br2N. The molecule has 0 atom stereocenters. The van der Waals surface area contributed by atoms with Crippen molar-refractivity contribution >= 4 is 48.8 Å². The first kappa shape index (κ1) is 17.0. The quantitative estimate of drug-likeness (QED) is 0.312. The van der Waals surface area contributed by atoms with Crippen molar-refractivity contribution < 1.29 is 0 Å². The summed E-state index contributed by atoms with van der Waals surface area (Å²) in [4.78, 5) is 3.57. The van der Waals surface area contributed by atoms with Crippen molar-refractivity contribution in [1.29, 1.82) is 0 Å². The fourth-order valence-corrected chi connectivity index (χ4v) is 4.70. The van der Waals surface area contributed by atoms with Crippen LogP contribution in [0.4, 0.5) is 0 Å². The van der Waals surface area contributed by atoms with Crippen molar-refractivity contribution in [2.45, 2.75) is 11.8 Å². The Balaban J connectivity index is 1.74. The normalized spacial score (nSPS) is 15.0. The zero-order valence-corrected chi connectivity index (χ0v) is 17.7. The number of allylic oxidation sites excluding steroid dienone is 1. The summed E-state index contributed by atoms with van der Waals surface area (Å²) in [6, 6.07) is 26.0. The number of nitrogens with one attached hydrogen (secondary N) is 1. The third kappa shape index (κ3) is 2.81. The first-order chi connectivity index (χ1) is 13.2. The number of rotatable bonds is 2. The van der Waals surface area contributed by atoms with Crippen molar-refractivity contribution in [2.24, 2.45) is 0 Å². The summed E-state index contributed by atoms with van der Waals surface area (Å²) < 4.78 is 2.20. The van der Waals surface area contributed by atoms with Crippen LogP contribution in [0.1, 0.15) is 22.4 Å². The number of fused-ring (bicyclic) bond motifs is 3. The third-order valence-corrected chi connectivity index (χ3v) is 6.61. The molecule has 0 unspecified atom stereocenters. The molecule has 4 aromatic rings. The van der Waals surface area contributed by atoms with Gasteiger partial charge >= 0.3 is 0 Å². The van der Waals surface area contributed by atoms with Gasteiger partial charge in [0.1, 0.15) is 0 Å². The molecule has 0 fully saturated rings. The SMILES string of the molecule is Brc1ccc(C2(c3ccc(Br)cc3)C=Cc3[nH]c4ccccc4c3C2)cc1. The van der Waals surface area contributed by atoms with Gasteiger partial charge in [0.15, 0.2) is 0 Å². The van der Waals surface area contributed by atoms with Gasteiger partial charge in [-0.05, 0) is 59.5 Å². The molecule has 3 heteroatoms. The first-order valence-electron chi connectivity index (χ1n) is 8.97. The molecule has 3 aromatic carbocycles. The number of hydrogen-bond donors (Lipinski definition) is 1. The molecule has 1 nitrogen and oxygen atoms in total. The van der Waals surface area contributed by atoms with E-state index in [1.807, 2.05) is 0 Å².